The van der Waals surface area contributed by atoms with Crippen molar-refractivity contribution in [3.05, 3.63) is 40.8 Å². The molecule has 1 aromatic carbocycles. The highest BCUT2D eigenvalue weighted by atomic mass is 79.9. The van der Waals surface area contributed by atoms with E-state index in [1.807, 2.05) is 6.07 Å². The van der Waals surface area contributed by atoms with Crippen LogP contribution in [0.5, 0.6) is 0 Å². The van der Waals surface area contributed by atoms with E-state index in [0.717, 1.165) is 5.39 Å². The van der Waals surface area contributed by atoms with Crippen LogP contribution in [-0.4, -0.2) is 32.8 Å². The molecule has 0 aliphatic carbocycles. The van der Waals surface area contributed by atoms with Gasteiger partial charge in [-0.25, -0.2) is 19.1 Å². The third-order valence-corrected chi connectivity index (χ3v) is 4.94. The summed E-state index contributed by atoms with van der Waals surface area (Å²) in [6.07, 6.45) is 1.04. The molecule has 0 aliphatic heterocycles. The van der Waals surface area contributed by atoms with Gasteiger partial charge in [-0.05, 0) is 47.6 Å². The van der Waals surface area contributed by atoms with E-state index in [1.54, 1.807) is 59.9 Å². The summed E-state index contributed by atoms with van der Waals surface area (Å²) in [5, 5.41) is 2.59. The van der Waals surface area contributed by atoms with Gasteiger partial charge in [-0.15, -0.1) is 0 Å². The zero-order valence-corrected chi connectivity index (χ0v) is 20.1. The number of hydrogen-bond acceptors (Lipinski definition) is 5. The van der Waals surface area contributed by atoms with Crippen LogP contribution in [0.4, 0.5) is 4.79 Å². The van der Waals surface area contributed by atoms with E-state index < -0.39 is 23.3 Å². The molecule has 0 unspecified atom stereocenters. The Balaban J connectivity index is 2.42. The summed E-state index contributed by atoms with van der Waals surface area (Å²) in [7, 11) is 0. The molecule has 0 radical (unpaired) electrons. The molecule has 0 aliphatic rings. The number of pyridine rings is 1. The number of carbonyl (C=O) groups is 2. The van der Waals surface area contributed by atoms with Crippen LogP contribution in [0.2, 0.25) is 5.15 Å². The minimum absolute atomic E-state index is 0.246. The van der Waals surface area contributed by atoms with E-state index in [4.69, 9.17) is 21.1 Å². The Kier molecular flexibility index (Phi) is 5.91. The summed E-state index contributed by atoms with van der Waals surface area (Å²) in [6, 6.07) is 5.31. The van der Waals surface area contributed by atoms with Crippen molar-refractivity contribution in [2.24, 2.45) is 0 Å². The van der Waals surface area contributed by atoms with Crippen molar-refractivity contribution in [3.63, 3.8) is 0 Å². The van der Waals surface area contributed by atoms with Crippen molar-refractivity contribution in [3.8, 4) is 0 Å². The second kappa shape index (κ2) is 7.85. The quantitative estimate of drug-likeness (QED) is 0.231. The van der Waals surface area contributed by atoms with Crippen molar-refractivity contribution in [2.45, 2.75) is 58.1 Å². The molecule has 160 valence electrons. The highest BCUT2D eigenvalue weighted by molar-refractivity contribution is 9.08. The van der Waals surface area contributed by atoms with Crippen LogP contribution in [0.3, 0.4) is 0 Å². The van der Waals surface area contributed by atoms with Crippen LogP contribution < -0.4 is 0 Å². The molecule has 30 heavy (non-hydrogen) atoms. The molecule has 6 nitrogen and oxygen atoms in total. The number of nitrogens with zero attached hydrogens (tertiary/aromatic N) is 2. The van der Waals surface area contributed by atoms with Gasteiger partial charge >= 0.3 is 12.1 Å². The number of carbonyl (C=O) groups excluding carboxylic acids is 2. The predicted molar refractivity (Wildman–Crippen MR) is 122 cm³/mol. The van der Waals surface area contributed by atoms with Gasteiger partial charge in [0.1, 0.15) is 16.4 Å². The van der Waals surface area contributed by atoms with Gasteiger partial charge in [-0.3, -0.25) is 0 Å². The molecule has 0 N–H and O–H groups in total. The van der Waals surface area contributed by atoms with E-state index in [0.29, 0.717) is 27.5 Å². The molecule has 3 aromatic rings. The summed E-state index contributed by atoms with van der Waals surface area (Å²) in [6.45, 7) is 10.8. The first kappa shape index (κ1) is 22.6. The maximum Gasteiger partial charge on any atom is 0.419 e. The van der Waals surface area contributed by atoms with Crippen molar-refractivity contribution in [2.75, 3.05) is 0 Å². The molecular formula is C22H24BrClN2O4. The fourth-order valence-corrected chi connectivity index (χ4v) is 3.90. The molecule has 0 bridgehead atoms. The lowest BCUT2D eigenvalue weighted by Crippen LogP contribution is -2.28. The number of hydrogen-bond donors (Lipinski definition) is 0. The van der Waals surface area contributed by atoms with E-state index in [-0.39, 0.29) is 10.5 Å². The lowest BCUT2D eigenvalue weighted by molar-refractivity contribution is 0.00709. The SMILES string of the molecule is CC(C)(C)OC(=O)c1c(CBr)n(C(=O)OC(C)(C)C)c2c1ccc1cnc(Cl)cc12. The van der Waals surface area contributed by atoms with Gasteiger partial charge in [0.15, 0.2) is 0 Å². The molecule has 0 amide bonds. The number of alkyl halides is 1. The smallest absolute Gasteiger partial charge is 0.419 e. The normalized spacial score (nSPS) is 12.4. The zero-order valence-electron chi connectivity index (χ0n) is 17.8. The Labute approximate surface area is 188 Å². The monoisotopic (exact) mass is 494 g/mol. The number of fused-ring (bicyclic) bond motifs is 3. The molecule has 0 fully saturated rings. The molecule has 8 heteroatoms. The zero-order chi connectivity index (χ0) is 22.4. The third-order valence-electron chi connectivity index (χ3n) is 4.20. The minimum Gasteiger partial charge on any atom is -0.456 e. The number of benzene rings is 1. The van der Waals surface area contributed by atoms with Gasteiger partial charge in [0.2, 0.25) is 0 Å². The first-order valence-electron chi connectivity index (χ1n) is 9.46. The van der Waals surface area contributed by atoms with Crippen LogP contribution in [0, 0.1) is 0 Å². The number of rotatable bonds is 2. The van der Waals surface area contributed by atoms with Crippen LogP contribution in [-0.2, 0) is 14.8 Å². The standard InChI is InChI=1S/C22H24BrClN2O4/c1-21(2,3)29-19(27)17-13-8-7-12-11-25-16(24)9-14(12)18(13)26(15(17)10-23)20(28)30-22(4,5)6/h7-9,11H,10H2,1-6H3. The molecule has 2 aromatic heterocycles. The van der Waals surface area contributed by atoms with Gasteiger partial charge in [0, 0.05) is 27.7 Å². The third kappa shape index (κ3) is 4.47. The lowest BCUT2D eigenvalue weighted by Gasteiger charge is -2.21. The first-order chi connectivity index (χ1) is 13.8. The molecular weight excluding hydrogens is 472 g/mol. The highest BCUT2D eigenvalue weighted by Crippen LogP contribution is 2.36. The van der Waals surface area contributed by atoms with E-state index in [2.05, 4.69) is 20.9 Å². The Morgan fingerprint density at radius 1 is 1.07 bits per heavy atom. The predicted octanol–water partition coefficient (Wildman–Crippen LogP) is 6.48. The van der Waals surface area contributed by atoms with Crippen molar-refractivity contribution < 1.29 is 19.1 Å². The average molecular weight is 496 g/mol. The van der Waals surface area contributed by atoms with Crippen LogP contribution >= 0.6 is 27.5 Å². The van der Waals surface area contributed by atoms with Gasteiger partial charge in [-0.1, -0.05) is 39.7 Å². The first-order valence-corrected chi connectivity index (χ1v) is 11.0. The van der Waals surface area contributed by atoms with Crippen molar-refractivity contribution in [1.82, 2.24) is 9.55 Å². The van der Waals surface area contributed by atoms with Gasteiger partial charge in [0.25, 0.3) is 0 Å². The summed E-state index contributed by atoms with van der Waals surface area (Å²) < 4.78 is 12.7. The summed E-state index contributed by atoms with van der Waals surface area (Å²) in [5.74, 6) is -0.510. The fourth-order valence-electron chi connectivity index (χ4n) is 3.21. The second-order valence-electron chi connectivity index (χ2n) is 8.96. The van der Waals surface area contributed by atoms with Gasteiger partial charge < -0.3 is 9.47 Å². The lowest BCUT2D eigenvalue weighted by atomic mass is 10.1. The Hall–Kier alpha value is -2.12. The Morgan fingerprint density at radius 2 is 1.70 bits per heavy atom. The van der Waals surface area contributed by atoms with E-state index in [1.165, 1.54) is 4.57 Å². The molecule has 0 atom stereocenters. The van der Waals surface area contributed by atoms with Crippen LogP contribution in [0.25, 0.3) is 21.7 Å². The number of esters is 1. The topological polar surface area (TPSA) is 70.4 Å². The van der Waals surface area contributed by atoms with E-state index >= 15 is 0 Å². The van der Waals surface area contributed by atoms with Crippen LogP contribution in [0.15, 0.2) is 24.4 Å². The summed E-state index contributed by atoms with van der Waals surface area (Å²) in [5.41, 5.74) is -0.106. The van der Waals surface area contributed by atoms with Crippen molar-refractivity contribution >= 4 is 61.3 Å². The Morgan fingerprint density at radius 3 is 2.27 bits per heavy atom. The second-order valence-corrected chi connectivity index (χ2v) is 9.91. The molecule has 3 rings (SSSR count). The number of ether oxygens (including phenoxy) is 2. The number of halogens is 2. The molecule has 0 spiro atoms. The minimum atomic E-state index is -0.715. The maximum absolute atomic E-state index is 13.2. The summed E-state index contributed by atoms with van der Waals surface area (Å²) in [4.78, 5) is 30.5. The number of aromatic nitrogens is 2. The summed E-state index contributed by atoms with van der Waals surface area (Å²) >= 11 is 9.59. The van der Waals surface area contributed by atoms with E-state index in [9.17, 15) is 9.59 Å². The largest absolute Gasteiger partial charge is 0.456 e. The van der Waals surface area contributed by atoms with Crippen molar-refractivity contribution in [1.29, 1.82) is 0 Å². The molecule has 0 saturated carbocycles. The fraction of sp³-hybridized carbons (Fsp3) is 0.409. The maximum atomic E-state index is 13.2. The molecule has 2 heterocycles. The van der Waals surface area contributed by atoms with Gasteiger partial charge in [0.05, 0.1) is 16.8 Å². The average Bonchev–Trinajstić information content (AvgIpc) is 2.93. The van der Waals surface area contributed by atoms with Gasteiger partial charge in [-0.2, -0.15) is 0 Å². The highest BCUT2D eigenvalue weighted by Gasteiger charge is 2.31. The Bertz CT molecular complexity index is 1160. The van der Waals surface area contributed by atoms with Crippen LogP contribution in [0.1, 0.15) is 57.6 Å². The molecule has 0 saturated heterocycles.